The number of likely N-dealkylation sites (tertiary alicyclic amines) is 1. The van der Waals surface area contributed by atoms with Gasteiger partial charge in [-0.05, 0) is 45.3 Å². The molecule has 0 aromatic rings. The van der Waals surface area contributed by atoms with Gasteiger partial charge in [-0.25, -0.2) is 10.2 Å². The molecule has 152 valence electrons. The van der Waals surface area contributed by atoms with Crippen LogP contribution in [0.1, 0.15) is 41.0 Å². The lowest BCUT2D eigenvalue weighted by atomic mass is 9.99. The van der Waals surface area contributed by atoms with Crippen LogP contribution in [0.15, 0.2) is 22.9 Å². The van der Waals surface area contributed by atoms with Gasteiger partial charge < -0.3 is 24.1 Å². The van der Waals surface area contributed by atoms with E-state index >= 15 is 0 Å². The quantitative estimate of drug-likeness (QED) is 0.813. The highest BCUT2D eigenvalue weighted by Gasteiger charge is 2.45. The van der Waals surface area contributed by atoms with E-state index in [0.29, 0.717) is 26.3 Å². The normalized spacial score (nSPS) is 28.0. The number of nitrogens with one attached hydrogen (secondary N) is 1. The average Bonchev–Trinajstić information content (AvgIpc) is 3.06. The number of nitrogens with zero attached hydrogens (tertiary/aromatic N) is 2. The van der Waals surface area contributed by atoms with Gasteiger partial charge in [0.15, 0.2) is 0 Å². The van der Waals surface area contributed by atoms with Crippen molar-refractivity contribution >= 4 is 6.09 Å². The Labute approximate surface area is 162 Å². The van der Waals surface area contributed by atoms with Gasteiger partial charge in [-0.1, -0.05) is 13.0 Å². The summed E-state index contributed by atoms with van der Waals surface area (Å²) in [7, 11) is 0. The zero-order chi connectivity index (χ0) is 19.6. The molecular weight excluding hydrogens is 346 g/mol. The van der Waals surface area contributed by atoms with E-state index < -0.39 is 5.60 Å². The second-order valence-corrected chi connectivity index (χ2v) is 8.31. The van der Waals surface area contributed by atoms with Gasteiger partial charge in [0.2, 0.25) is 0 Å². The van der Waals surface area contributed by atoms with Gasteiger partial charge in [0.1, 0.15) is 5.60 Å². The molecule has 3 heterocycles. The van der Waals surface area contributed by atoms with Crippen LogP contribution in [-0.2, 0) is 14.2 Å². The third-order valence-electron chi connectivity index (χ3n) is 5.15. The number of ether oxygens (including phenoxy) is 3. The lowest BCUT2D eigenvalue weighted by molar-refractivity contribution is -0.0371. The van der Waals surface area contributed by atoms with E-state index in [1.165, 1.54) is 11.1 Å². The van der Waals surface area contributed by atoms with Crippen LogP contribution in [0, 0.1) is 0 Å². The van der Waals surface area contributed by atoms with Crippen molar-refractivity contribution in [3.8, 4) is 0 Å². The molecule has 2 saturated heterocycles. The number of hydrazine groups is 1. The van der Waals surface area contributed by atoms with Crippen molar-refractivity contribution < 1.29 is 19.0 Å². The molecule has 1 N–H and O–H groups in total. The first-order valence-electron chi connectivity index (χ1n) is 9.89. The summed E-state index contributed by atoms with van der Waals surface area (Å²) < 4.78 is 17.2. The minimum absolute atomic E-state index is 0.0169. The van der Waals surface area contributed by atoms with Crippen LogP contribution in [0.4, 0.5) is 4.79 Å². The summed E-state index contributed by atoms with van der Waals surface area (Å²) in [6.45, 7) is 13.8. The molecule has 3 aliphatic rings. The maximum absolute atomic E-state index is 12.5. The molecule has 0 saturated carbocycles. The summed E-state index contributed by atoms with van der Waals surface area (Å²) in [5, 5.41) is 2.23. The average molecular weight is 380 g/mol. The standard InChI is InChI=1S/C20H33N3O4/c1-6-21-23-16-11-22(19(24)27-20(3,4)5)12-18(16)26-13-17(23)14(2)15-7-9-25-10-8-15/h7,16,18,21H,6,8-13H2,1-5H3/b17-14+/t16-,18-/m1/s1. The van der Waals surface area contributed by atoms with Crippen LogP contribution in [0.3, 0.4) is 0 Å². The first-order valence-corrected chi connectivity index (χ1v) is 9.89. The topological polar surface area (TPSA) is 63.3 Å². The molecule has 2 atom stereocenters. The Balaban J connectivity index is 1.79. The van der Waals surface area contributed by atoms with E-state index in [9.17, 15) is 4.79 Å². The maximum atomic E-state index is 12.5. The third-order valence-corrected chi connectivity index (χ3v) is 5.15. The number of hydrogen-bond acceptors (Lipinski definition) is 6. The number of hydrogen-bond donors (Lipinski definition) is 1. The minimum Gasteiger partial charge on any atom is -0.444 e. The molecule has 0 bridgehead atoms. The van der Waals surface area contributed by atoms with Gasteiger partial charge in [0, 0.05) is 13.1 Å². The number of rotatable bonds is 3. The second kappa shape index (κ2) is 8.20. The highest BCUT2D eigenvalue weighted by atomic mass is 16.6. The fourth-order valence-electron chi connectivity index (χ4n) is 3.82. The number of morpholine rings is 1. The Morgan fingerprint density at radius 3 is 2.78 bits per heavy atom. The summed E-state index contributed by atoms with van der Waals surface area (Å²) >= 11 is 0. The molecule has 0 aliphatic carbocycles. The summed E-state index contributed by atoms with van der Waals surface area (Å²) in [5.74, 6) is 0. The molecule has 2 fully saturated rings. The van der Waals surface area contributed by atoms with Gasteiger partial charge in [-0.15, -0.1) is 0 Å². The largest absolute Gasteiger partial charge is 0.444 e. The van der Waals surface area contributed by atoms with Crippen molar-refractivity contribution in [1.82, 2.24) is 15.3 Å². The predicted molar refractivity (Wildman–Crippen MR) is 103 cm³/mol. The highest BCUT2D eigenvalue weighted by molar-refractivity contribution is 5.68. The summed E-state index contributed by atoms with van der Waals surface area (Å²) in [6, 6.07) is 0.0802. The van der Waals surface area contributed by atoms with Crippen LogP contribution in [0.2, 0.25) is 0 Å². The Morgan fingerprint density at radius 2 is 2.15 bits per heavy atom. The number of carbonyl (C=O) groups excluding carboxylic acids is 1. The molecule has 0 radical (unpaired) electrons. The van der Waals surface area contributed by atoms with E-state index in [1.54, 1.807) is 4.90 Å². The minimum atomic E-state index is -0.496. The summed E-state index contributed by atoms with van der Waals surface area (Å²) in [5.41, 5.74) is 6.71. The van der Waals surface area contributed by atoms with Gasteiger partial charge in [0.05, 0.1) is 44.2 Å². The SMILES string of the molecule is CCNN1/C(=C(\C)C2=CCOCC2)CO[C@@H]2CN(C(=O)OC(C)(C)C)C[C@H]21. The molecule has 27 heavy (non-hydrogen) atoms. The van der Waals surface area contributed by atoms with E-state index in [1.807, 2.05) is 20.8 Å². The smallest absolute Gasteiger partial charge is 0.410 e. The van der Waals surface area contributed by atoms with Crippen molar-refractivity contribution in [3.05, 3.63) is 22.9 Å². The van der Waals surface area contributed by atoms with E-state index in [2.05, 4.69) is 30.4 Å². The molecule has 0 aromatic heterocycles. The van der Waals surface area contributed by atoms with Crippen LogP contribution in [0.5, 0.6) is 0 Å². The molecule has 7 nitrogen and oxygen atoms in total. The molecule has 0 unspecified atom stereocenters. The third kappa shape index (κ3) is 4.65. The fourth-order valence-corrected chi connectivity index (χ4v) is 3.82. The molecule has 0 aromatic carbocycles. The molecule has 3 aliphatic heterocycles. The van der Waals surface area contributed by atoms with Crippen molar-refractivity contribution in [2.24, 2.45) is 0 Å². The zero-order valence-electron chi connectivity index (χ0n) is 17.2. The van der Waals surface area contributed by atoms with Crippen LogP contribution >= 0.6 is 0 Å². The Bertz CT molecular complexity index is 623. The zero-order valence-corrected chi connectivity index (χ0v) is 17.2. The van der Waals surface area contributed by atoms with E-state index in [4.69, 9.17) is 14.2 Å². The predicted octanol–water partition coefficient (Wildman–Crippen LogP) is 2.45. The Hall–Kier alpha value is -1.57. The number of fused-ring (bicyclic) bond motifs is 1. The lowest BCUT2D eigenvalue weighted by Crippen LogP contribution is -2.55. The van der Waals surface area contributed by atoms with Gasteiger partial charge in [-0.3, -0.25) is 0 Å². The lowest BCUT2D eigenvalue weighted by Gasteiger charge is -2.41. The number of allylic oxidation sites excluding steroid dienone is 1. The maximum Gasteiger partial charge on any atom is 0.410 e. The summed E-state index contributed by atoms with van der Waals surface area (Å²) in [4.78, 5) is 14.3. The monoisotopic (exact) mass is 379 g/mol. The first-order chi connectivity index (χ1) is 12.8. The second-order valence-electron chi connectivity index (χ2n) is 8.31. The molecule has 0 spiro atoms. The van der Waals surface area contributed by atoms with E-state index in [0.717, 1.165) is 25.3 Å². The molecular formula is C20H33N3O4. The molecule has 1 amide bonds. The number of amides is 1. The van der Waals surface area contributed by atoms with Crippen molar-refractivity contribution in [1.29, 1.82) is 0 Å². The van der Waals surface area contributed by atoms with Crippen molar-refractivity contribution in [2.45, 2.75) is 58.8 Å². The fraction of sp³-hybridized carbons (Fsp3) is 0.750. The molecule has 3 rings (SSSR count). The van der Waals surface area contributed by atoms with Crippen molar-refractivity contribution in [3.63, 3.8) is 0 Å². The van der Waals surface area contributed by atoms with Crippen LogP contribution in [-0.4, -0.2) is 73.2 Å². The van der Waals surface area contributed by atoms with Crippen LogP contribution < -0.4 is 5.43 Å². The first kappa shape index (κ1) is 20.2. The van der Waals surface area contributed by atoms with Crippen LogP contribution in [0.25, 0.3) is 0 Å². The van der Waals surface area contributed by atoms with Crippen molar-refractivity contribution in [2.75, 3.05) is 39.5 Å². The summed E-state index contributed by atoms with van der Waals surface area (Å²) in [6.07, 6.45) is 2.79. The van der Waals surface area contributed by atoms with E-state index in [-0.39, 0.29) is 18.2 Å². The van der Waals surface area contributed by atoms with Gasteiger partial charge >= 0.3 is 6.09 Å². The Morgan fingerprint density at radius 1 is 1.37 bits per heavy atom. The van der Waals surface area contributed by atoms with Gasteiger partial charge in [-0.2, -0.15) is 0 Å². The number of carbonyl (C=O) groups is 1. The highest BCUT2D eigenvalue weighted by Crippen LogP contribution is 2.31. The molecule has 7 heteroatoms. The van der Waals surface area contributed by atoms with Gasteiger partial charge in [0.25, 0.3) is 0 Å². The Kier molecular flexibility index (Phi) is 6.13.